The van der Waals surface area contributed by atoms with Gasteiger partial charge in [-0.1, -0.05) is 60.7 Å². The van der Waals surface area contributed by atoms with Crippen molar-refractivity contribution in [1.82, 2.24) is 15.3 Å². The van der Waals surface area contributed by atoms with E-state index in [-0.39, 0.29) is 24.8 Å². The van der Waals surface area contributed by atoms with Crippen molar-refractivity contribution >= 4 is 17.5 Å². The molecule has 1 aromatic heterocycles. The van der Waals surface area contributed by atoms with Crippen LogP contribution in [-0.4, -0.2) is 28.3 Å². The van der Waals surface area contributed by atoms with Crippen LogP contribution < -0.4 is 10.6 Å². The minimum Gasteiger partial charge on any atom is -0.347 e. The molecule has 0 saturated heterocycles. The molecule has 2 amide bonds. The molecule has 2 aromatic carbocycles. The van der Waals surface area contributed by atoms with Gasteiger partial charge in [0.2, 0.25) is 11.8 Å². The average molecular weight is 346 g/mol. The highest BCUT2D eigenvalue weighted by molar-refractivity contribution is 5.94. The SMILES string of the molecule is O=C(Cc1ccccc1)NCC(=O)Nc1cnc(-c2ccccc2)nc1. The number of nitrogens with one attached hydrogen (secondary N) is 2. The molecule has 0 spiro atoms. The van der Waals surface area contributed by atoms with Crippen LogP contribution in [0.2, 0.25) is 0 Å². The van der Waals surface area contributed by atoms with E-state index in [1.54, 1.807) is 12.4 Å². The topological polar surface area (TPSA) is 84.0 Å². The number of aromatic nitrogens is 2. The first-order valence-electron chi connectivity index (χ1n) is 8.18. The quantitative estimate of drug-likeness (QED) is 0.718. The van der Waals surface area contributed by atoms with Crippen LogP contribution in [0.1, 0.15) is 5.56 Å². The number of benzene rings is 2. The van der Waals surface area contributed by atoms with Crippen LogP contribution >= 0.6 is 0 Å². The summed E-state index contributed by atoms with van der Waals surface area (Å²) in [7, 11) is 0. The second kappa shape index (κ2) is 8.53. The van der Waals surface area contributed by atoms with E-state index < -0.39 is 0 Å². The molecular weight excluding hydrogens is 328 g/mol. The van der Waals surface area contributed by atoms with Gasteiger partial charge in [-0.15, -0.1) is 0 Å². The Morgan fingerprint density at radius 3 is 2.08 bits per heavy atom. The maximum Gasteiger partial charge on any atom is 0.243 e. The Morgan fingerprint density at radius 2 is 1.42 bits per heavy atom. The number of nitrogens with zero attached hydrogens (tertiary/aromatic N) is 2. The van der Waals surface area contributed by atoms with E-state index in [1.165, 1.54) is 0 Å². The van der Waals surface area contributed by atoms with Gasteiger partial charge in [0.15, 0.2) is 5.82 Å². The van der Waals surface area contributed by atoms with Crippen molar-refractivity contribution in [1.29, 1.82) is 0 Å². The summed E-state index contributed by atoms with van der Waals surface area (Å²) in [6.45, 7) is -0.105. The van der Waals surface area contributed by atoms with Crippen molar-refractivity contribution in [2.75, 3.05) is 11.9 Å². The van der Waals surface area contributed by atoms with Crippen LogP contribution in [0.4, 0.5) is 5.69 Å². The molecular formula is C20H18N4O2. The Labute approximate surface area is 151 Å². The summed E-state index contributed by atoms with van der Waals surface area (Å²) < 4.78 is 0. The number of anilines is 1. The lowest BCUT2D eigenvalue weighted by Gasteiger charge is -2.07. The molecule has 3 aromatic rings. The molecule has 26 heavy (non-hydrogen) atoms. The lowest BCUT2D eigenvalue weighted by molar-refractivity contribution is -0.123. The maximum atomic E-state index is 11.9. The third kappa shape index (κ3) is 4.98. The molecule has 130 valence electrons. The standard InChI is InChI=1S/C20H18N4O2/c25-18(11-15-7-3-1-4-8-15)21-14-19(26)24-17-12-22-20(23-13-17)16-9-5-2-6-10-16/h1-10,12-13H,11,14H2,(H,21,25)(H,24,26). The van der Waals surface area contributed by atoms with Crippen molar-refractivity contribution in [2.45, 2.75) is 6.42 Å². The molecule has 2 N–H and O–H groups in total. The number of amides is 2. The normalized spacial score (nSPS) is 10.2. The third-order valence-electron chi connectivity index (χ3n) is 3.62. The zero-order valence-corrected chi connectivity index (χ0v) is 14.1. The first kappa shape index (κ1) is 17.3. The van der Waals surface area contributed by atoms with E-state index >= 15 is 0 Å². The molecule has 0 atom stereocenters. The van der Waals surface area contributed by atoms with Gasteiger partial charge in [-0.05, 0) is 5.56 Å². The van der Waals surface area contributed by atoms with Crippen molar-refractivity contribution in [3.63, 3.8) is 0 Å². The van der Waals surface area contributed by atoms with Gasteiger partial charge in [0.05, 0.1) is 31.0 Å². The predicted octanol–water partition coefficient (Wildman–Crippen LogP) is 2.44. The monoisotopic (exact) mass is 346 g/mol. The molecule has 1 heterocycles. The van der Waals surface area contributed by atoms with Crippen LogP contribution in [-0.2, 0) is 16.0 Å². The fourth-order valence-corrected chi connectivity index (χ4v) is 2.36. The molecule has 0 aliphatic carbocycles. The highest BCUT2D eigenvalue weighted by Crippen LogP contribution is 2.14. The number of carbonyl (C=O) groups excluding carboxylic acids is 2. The first-order valence-corrected chi connectivity index (χ1v) is 8.18. The maximum absolute atomic E-state index is 11.9. The molecule has 0 bridgehead atoms. The minimum absolute atomic E-state index is 0.105. The van der Waals surface area contributed by atoms with Crippen LogP contribution in [0.15, 0.2) is 73.1 Å². The van der Waals surface area contributed by atoms with E-state index in [0.717, 1.165) is 11.1 Å². The molecule has 0 aliphatic heterocycles. The Morgan fingerprint density at radius 1 is 0.808 bits per heavy atom. The molecule has 0 aliphatic rings. The van der Waals surface area contributed by atoms with Crippen molar-refractivity contribution in [3.05, 3.63) is 78.6 Å². The summed E-state index contributed by atoms with van der Waals surface area (Å²) in [6.07, 6.45) is 3.32. The fourth-order valence-electron chi connectivity index (χ4n) is 2.36. The molecule has 0 fully saturated rings. The fraction of sp³-hybridized carbons (Fsp3) is 0.100. The molecule has 6 nitrogen and oxygen atoms in total. The highest BCUT2D eigenvalue weighted by atomic mass is 16.2. The number of hydrogen-bond donors (Lipinski definition) is 2. The zero-order valence-electron chi connectivity index (χ0n) is 14.1. The Bertz CT molecular complexity index is 865. The molecule has 0 unspecified atom stereocenters. The Kier molecular flexibility index (Phi) is 5.67. The van der Waals surface area contributed by atoms with Gasteiger partial charge in [0.25, 0.3) is 0 Å². The molecule has 6 heteroatoms. The van der Waals surface area contributed by atoms with Crippen molar-refractivity contribution in [2.24, 2.45) is 0 Å². The van der Waals surface area contributed by atoms with Crippen LogP contribution in [0.25, 0.3) is 11.4 Å². The largest absolute Gasteiger partial charge is 0.347 e. The average Bonchev–Trinajstić information content (AvgIpc) is 2.68. The second-order valence-corrected chi connectivity index (χ2v) is 5.65. The molecule has 0 saturated carbocycles. The van der Waals surface area contributed by atoms with Gasteiger partial charge in [-0.3, -0.25) is 9.59 Å². The van der Waals surface area contributed by atoms with Crippen LogP contribution in [0.5, 0.6) is 0 Å². The van der Waals surface area contributed by atoms with Gasteiger partial charge in [-0.25, -0.2) is 9.97 Å². The van der Waals surface area contributed by atoms with Crippen LogP contribution in [0.3, 0.4) is 0 Å². The van der Waals surface area contributed by atoms with Gasteiger partial charge in [-0.2, -0.15) is 0 Å². The van der Waals surface area contributed by atoms with E-state index in [9.17, 15) is 9.59 Å². The van der Waals surface area contributed by atoms with E-state index in [4.69, 9.17) is 0 Å². The highest BCUT2D eigenvalue weighted by Gasteiger charge is 2.08. The summed E-state index contributed by atoms with van der Waals surface area (Å²) in [4.78, 5) is 32.3. The van der Waals surface area contributed by atoms with E-state index in [2.05, 4.69) is 20.6 Å². The first-order chi connectivity index (χ1) is 12.7. The smallest absolute Gasteiger partial charge is 0.243 e. The predicted molar refractivity (Wildman–Crippen MR) is 99.3 cm³/mol. The van der Waals surface area contributed by atoms with Crippen molar-refractivity contribution < 1.29 is 9.59 Å². The van der Waals surface area contributed by atoms with Gasteiger partial charge < -0.3 is 10.6 Å². The number of rotatable bonds is 6. The lowest BCUT2D eigenvalue weighted by atomic mass is 10.1. The number of carbonyl (C=O) groups is 2. The second-order valence-electron chi connectivity index (χ2n) is 5.65. The third-order valence-corrected chi connectivity index (χ3v) is 3.62. The summed E-state index contributed by atoms with van der Waals surface area (Å²) in [5.74, 6) is 0.0456. The van der Waals surface area contributed by atoms with Gasteiger partial charge in [0, 0.05) is 5.56 Å². The van der Waals surface area contributed by atoms with E-state index in [0.29, 0.717) is 11.5 Å². The summed E-state index contributed by atoms with van der Waals surface area (Å²) in [6, 6.07) is 18.9. The molecule has 3 rings (SSSR count). The summed E-state index contributed by atoms with van der Waals surface area (Å²) in [5, 5.41) is 5.26. The lowest BCUT2D eigenvalue weighted by Crippen LogP contribution is -2.33. The summed E-state index contributed by atoms with van der Waals surface area (Å²) >= 11 is 0. The Balaban J connectivity index is 1.48. The van der Waals surface area contributed by atoms with Gasteiger partial charge in [0.1, 0.15) is 0 Å². The van der Waals surface area contributed by atoms with Crippen molar-refractivity contribution in [3.8, 4) is 11.4 Å². The van der Waals surface area contributed by atoms with E-state index in [1.807, 2.05) is 60.7 Å². The van der Waals surface area contributed by atoms with Crippen LogP contribution in [0, 0.1) is 0 Å². The minimum atomic E-state index is -0.331. The van der Waals surface area contributed by atoms with Gasteiger partial charge >= 0.3 is 0 Å². The number of hydrogen-bond acceptors (Lipinski definition) is 4. The molecule has 0 radical (unpaired) electrons. The summed E-state index contributed by atoms with van der Waals surface area (Å²) in [5.41, 5.74) is 2.28. The zero-order chi connectivity index (χ0) is 18.2. The Hall–Kier alpha value is -3.54.